The molecule has 0 bridgehead atoms. The van der Waals surface area contributed by atoms with Gasteiger partial charge in [0.2, 0.25) is 5.91 Å². The molecule has 0 unspecified atom stereocenters. The Morgan fingerprint density at radius 1 is 1.14 bits per heavy atom. The van der Waals surface area contributed by atoms with E-state index in [0.29, 0.717) is 10.6 Å². The van der Waals surface area contributed by atoms with Gasteiger partial charge in [-0.2, -0.15) is 0 Å². The lowest BCUT2D eigenvalue weighted by molar-refractivity contribution is -0.111. The fraction of sp³-hybridized carbons (Fsp3) is 0. The Bertz CT molecular complexity index is 714. The van der Waals surface area contributed by atoms with Gasteiger partial charge in [-0.15, -0.1) is 0 Å². The second-order valence-corrected chi connectivity index (χ2v) is 4.46. The molecule has 1 amide bonds. The zero-order valence-corrected chi connectivity index (χ0v) is 11.5. The third-order valence-electron chi connectivity index (χ3n) is 2.54. The molecule has 2 aromatic rings. The second-order valence-electron chi connectivity index (χ2n) is 4.06. The molecule has 5 nitrogen and oxygen atoms in total. The first-order chi connectivity index (χ1) is 10.1. The number of carboxylic acids is 1. The molecular formula is C15H11ClN2O3. The van der Waals surface area contributed by atoms with Crippen molar-refractivity contribution in [2.24, 2.45) is 0 Å². The van der Waals surface area contributed by atoms with Gasteiger partial charge in [-0.05, 0) is 29.8 Å². The molecule has 6 heteroatoms. The summed E-state index contributed by atoms with van der Waals surface area (Å²) in [5, 5.41) is 11.8. The lowest BCUT2D eigenvalue weighted by Crippen LogP contribution is -2.11. The summed E-state index contributed by atoms with van der Waals surface area (Å²) in [5.41, 5.74) is 0.574. The van der Waals surface area contributed by atoms with E-state index in [9.17, 15) is 9.59 Å². The first-order valence-corrected chi connectivity index (χ1v) is 6.38. The Balaban J connectivity index is 2.07. The summed E-state index contributed by atoms with van der Waals surface area (Å²) >= 11 is 5.96. The van der Waals surface area contributed by atoms with E-state index in [1.165, 1.54) is 24.3 Å². The van der Waals surface area contributed by atoms with E-state index in [1.807, 2.05) is 0 Å². The molecule has 0 aliphatic carbocycles. The Morgan fingerprint density at radius 3 is 2.62 bits per heavy atom. The van der Waals surface area contributed by atoms with E-state index in [0.717, 1.165) is 0 Å². The summed E-state index contributed by atoms with van der Waals surface area (Å²) in [6.07, 6.45) is 2.87. The van der Waals surface area contributed by atoms with Crippen molar-refractivity contribution < 1.29 is 14.7 Å². The molecule has 2 N–H and O–H groups in total. The number of anilines is 1. The predicted octanol–water partition coefficient (Wildman–Crippen LogP) is 3.09. The van der Waals surface area contributed by atoms with Crippen LogP contribution < -0.4 is 5.32 Å². The van der Waals surface area contributed by atoms with Crippen molar-refractivity contribution >= 4 is 35.4 Å². The first-order valence-electron chi connectivity index (χ1n) is 6.00. The highest BCUT2D eigenvalue weighted by Crippen LogP contribution is 2.16. The Morgan fingerprint density at radius 2 is 1.90 bits per heavy atom. The average molecular weight is 303 g/mol. The van der Waals surface area contributed by atoms with Crippen LogP contribution in [0.25, 0.3) is 6.08 Å². The van der Waals surface area contributed by atoms with Crippen molar-refractivity contribution in [1.29, 1.82) is 0 Å². The highest BCUT2D eigenvalue weighted by molar-refractivity contribution is 6.32. The third kappa shape index (κ3) is 4.15. The minimum absolute atomic E-state index is 0.136. The number of hydrogen-bond donors (Lipinski definition) is 2. The summed E-state index contributed by atoms with van der Waals surface area (Å²) in [5.74, 6) is -1.41. The number of rotatable bonds is 4. The third-order valence-corrected chi connectivity index (χ3v) is 2.88. The first kappa shape index (κ1) is 14.7. The number of halogens is 1. The molecular weight excluding hydrogens is 292 g/mol. The number of pyridine rings is 1. The zero-order chi connectivity index (χ0) is 15.2. The van der Waals surface area contributed by atoms with Crippen molar-refractivity contribution in [3.8, 4) is 0 Å². The summed E-state index contributed by atoms with van der Waals surface area (Å²) < 4.78 is 0. The highest BCUT2D eigenvalue weighted by atomic mass is 35.5. The van der Waals surface area contributed by atoms with Gasteiger partial charge in [-0.25, -0.2) is 9.78 Å². The van der Waals surface area contributed by atoms with Crippen LogP contribution in [0.5, 0.6) is 0 Å². The predicted molar refractivity (Wildman–Crippen MR) is 80.3 cm³/mol. The van der Waals surface area contributed by atoms with E-state index in [1.54, 1.807) is 30.3 Å². The molecule has 0 radical (unpaired) electrons. The van der Waals surface area contributed by atoms with Gasteiger partial charge >= 0.3 is 5.97 Å². The van der Waals surface area contributed by atoms with Crippen molar-refractivity contribution in [1.82, 2.24) is 4.98 Å². The number of carboxylic acid groups (broad SMARTS) is 1. The van der Waals surface area contributed by atoms with Crippen LogP contribution in [0.15, 0.2) is 48.5 Å². The van der Waals surface area contributed by atoms with Crippen LogP contribution >= 0.6 is 11.6 Å². The van der Waals surface area contributed by atoms with Crippen LogP contribution in [0.1, 0.15) is 16.1 Å². The van der Waals surface area contributed by atoms with Crippen molar-refractivity contribution in [3.63, 3.8) is 0 Å². The summed E-state index contributed by atoms with van der Waals surface area (Å²) in [4.78, 5) is 26.3. The Labute approximate surface area is 125 Å². The Kier molecular flexibility index (Phi) is 4.68. The molecule has 1 aromatic heterocycles. The molecule has 0 aliphatic rings. The number of nitrogens with zero attached hydrogens (tertiary/aromatic N) is 1. The number of hydrogen-bond acceptors (Lipinski definition) is 3. The topological polar surface area (TPSA) is 79.3 Å². The normalized spacial score (nSPS) is 10.5. The zero-order valence-electron chi connectivity index (χ0n) is 10.8. The maximum Gasteiger partial charge on any atom is 0.354 e. The SMILES string of the molecule is O=C(C=Cc1ccccc1Cl)Nc1cccc(C(=O)O)n1. The molecule has 0 fully saturated rings. The van der Waals surface area contributed by atoms with Gasteiger partial charge in [0.05, 0.1) is 0 Å². The van der Waals surface area contributed by atoms with Gasteiger partial charge < -0.3 is 10.4 Å². The van der Waals surface area contributed by atoms with Gasteiger partial charge in [-0.3, -0.25) is 4.79 Å². The smallest absolute Gasteiger partial charge is 0.354 e. The molecule has 0 aliphatic heterocycles. The molecule has 0 atom stereocenters. The van der Waals surface area contributed by atoms with E-state index in [4.69, 9.17) is 16.7 Å². The van der Waals surface area contributed by atoms with Gasteiger partial charge in [0.1, 0.15) is 5.82 Å². The van der Waals surface area contributed by atoms with Crippen LogP contribution in [0, 0.1) is 0 Å². The maximum atomic E-state index is 11.7. The van der Waals surface area contributed by atoms with Crippen molar-refractivity contribution in [2.45, 2.75) is 0 Å². The molecule has 21 heavy (non-hydrogen) atoms. The minimum Gasteiger partial charge on any atom is -0.477 e. The molecule has 2 rings (SSSR count). The van der Waals surface area contributed by atoms with Gasteiger partial charge in [-0.1, -0.05) is 35.9 Å². The van der Waals surface area contributed by atoms with Gasteiger partial charge in [0.25, 0.3) is 0 Å². The van der Waals surface area contributed by atoms with Crippen LogP contribution in [-0.2, 0) is 4.79 Å². The van der Waals surface area contributed by atoms with Crippen molar-refractivity contribution in [2.75, 3.05) is 5.32 Å². The second kappa shape index (κ2) is 6.67. The monoisotopic (exact) mass is 302 g/mol. The standard InChI is InChI=1S/C15H11ClN2O3/c16-11-5-2-1-4-10(11)8-9-14(19)18-13-7-3-6-12(17-13)15(20)21/h1-9H,(H,20,21)(H,17,18,19). The fourth-order valence-corrected chi connectivity index (χ4v) is 1.77. The fourth-order valence-electron chi connectivity index (χ4n) is 1.57. The summed E-state index contributed by atoms with van der Waals surface area (Å²) in [6, 6.07) is 11.4. The number of amides is 1. The van der Waals surface area contributed by atoms with E-state index < -0.39 is 11.9 Å². The van der Waals surface area contributed by atoms with Gasteiger partial charge in [0, 0.05) is 11.1 Å². The summed E-state index contributed by atoms with van der Waals surface area (Å²) in [6.45, 7) is 0. The molecule has 0 saturated carbocycles. The lowest BCUT2D eigenvalue weighted by atomic mass is 10.2. The van der Waals surface area contributed by atoms with Crippen molar-refractivity contribution in [3.05, 3.63) is 64.8 Å². The number of benzene rings is 1. The number of aromatic carboxylic acids is 1. The molecule has 0 saturated heterocycles. The number of aromatic nitrogens is 1. The lowest BCUT2D eigenvalue weighted by Gasteiger charge is -2.02. The number of carbonyl (C=O) groups excluding carboxylic acids is 1. The van der Waals surface area contributed by atoms with Crippen LogP contribution in [0.3, 0.4) is 0 Å². The molecule has 1 heterocycles. The highest BCUT2D eigenvalue weighted by Gasteiger charge is 2.06. The van der Waals surface area contributed by atoms with E-state index in [2.05, 4.69) is 10.3 Å². The molecule has 0 spiro atoms. The van der Waals surface area contributed by atoms with E-state index in [-0.39, 0.29) is 11.5 Å². The summed E-state index contributed by atoms with van der Waals surface area (Å²) in [7, 11) is 0. The van der Waals surface area contributed by atoms with Crippen LogP contribution in [0.2, 0.25) is 5.02 Å². The number of nitrogens with one attached hydrogen (secondary N) is 1. The van der Waals surface area contributed by atoms with Crippen LogP contribution in [0.4, 0.5) is 5.82 Å². The largest absolute Gasteiger partial charge is 0.477 e. The number of carbonyl (C=O) groups is 2. The average Bonchev–Trinajstić information content (AvgIpc) is 2.46. The van der Waals surface area contributed by atoms with E-state index >= 15 is 0 Å². The minimum atomic E-state index is -1.15. The quantitative estimate of drug-likeness (QED) is 0.851. The maximum absolute atomic E-state index is 11.7. The molecule has 106 valence electrons. The van der Waals surface area contributed by atoms with Gasteiger partial charge in [0.15, 0.2) is 5.69 Å². The van der Waals surface area contributed by atoms with Crippen LogP contribution in [-0.4, -0.2) is 22.0 Å². The molecule has 1 aromatic carbocycles. The Hall–Kier alpha value is -2.66.